The fraction of sp³-hybridized carbons (Fsp3) is 0.500. The zero-order valence-electron chi connectivity index (χ0n) is 13.0. The number of nitrogens with one attached hydrogen (secondary N) is 1. The average Bonchev–Trinajstić information content (AvgIpc) is 2.99. The molecule has 3 heteroatoms. The number of hydrogen-bond donors (Lipinski definition) is 1. The predicted octanol–water partition coefficient (Wildman–Crippen LogP) is 4.17. The molecule has 3 nitrogen and oxygen atoms in total. The van der Waals surface area contributed by atoms with Crippen LogP contribution in [0.1, 0.15) is 38.7 Å². The quantitative estimate of drug-likeness (QED) is 0.912. The molecule has 3 atom stereocenters. The molecular weight excluding hydrogens is 258 g/mol. The first-order valence-corrected chi connectivity index (χ1v) is 8.06. The summed E-state index contributed by atoms with van der Waals surface area (Å²) in [6.07, 6.45) is 7.84. The second kappa shape index (κ2) is 6.33. The highest BCUT2D eigenvalue weighted by atomic mass is 15.3. The zero-order valence-corrected chi connectivity index (χ0v) is 13.0. The minimum absolute atomic E-state index is 0.590. The van der Waals surface area contributed by atoms with Crippen LogP contribution < -0.4 is 5.32 Å². The summed E-state index contributed by atoms with van der Waals surface area (Å²) in [4.78, 5) is 0. The molecule has 1 saturated carbocycles. The Morgan fingerprint density at radius 1 is 1.19 bits per heavy atom. The van der Waals surface area contributed by atoms with Gasteiger partial charge in [0.2, 0.25) is 0 Å². The summed E-state index contributed by atoms with van der Waals surface area (Å²) in [6, 6.07) is 11.2. The predicted molar refractivity (Wildman–Crippen MR) is 87.4 cm³/mol. The van der Waals surface area contributed by atoms with Gasteiger partial charge in [0.25, 0.3) is 0 Å². The van der Waals surface area contributed by atoms with Crippen molar-refractivity contribution < 1.29 is 0 Å². The van der Waals surface area contributed by atoms with Crippen molar-refractivity contribution in [3.05, 3.63) is 48.3 Å². The van der Waals surface area contributed by atoms with Crippen LogP contribution in [-0.2, 0) is 6.54 Å². The van der Waals surface area contributed by atoms with Gasteiger partial charge in [-0.3, -0.25) is 4.68 Å². The lowest BCUT2D eigenvalue weighted by Gasteiger charge is -2.35. The highest BCUT2D eigenvalue weighted by molar-refractivity contribution is 5.52. The molecule has 1 aliphatic rings. The third-order valence-corrected chi connectivity index (χ3v) is 4.96. The van der Waals surface area contributed by atoms with Crippen molar-refractivity contribution in [3.63, 3.8) is 0 Å². The van der Waals surface area contributed by atoms with E-state index >= 15 is 0 Å². The maximum absolute atomic E-state index is 4.32. The SMILES string of the molecule is CC1CCCC(Nc2ccccc2Cn2cccn2)C1C. The lowest BCUT2D eigenvalue weighted by Crippen LogP contribution is -2.35. The summed E-state index contributed by atoms with van der Waals surface area (Å²) in [5, 5.41) is 8.12. The largest absolute Gasteiger partial charge is 0.382 e. The standard InChI is InChI=1S/C18H25N3/c1-14-7-5-10-17(15(14)2)20-18-9-4-3-8-16(18)13-21-12-6-11-19-21/h3-4,6,8-9,11-12,14-15,17,20H,5,7,10,13H2,1-2H3. The smallest absolute Gasteiger partial charge is 0.0679 e. The molecule has 1 N–H and O–H groups in total. The Morgan fingerprint density at radius 3 is 2.86 bits per heavy atom. The molecule has 0 radical (unpaired) electrons. The van der Waals surface area contributed by atoms with Crippen LogP contribution in [0.15, 0.2) is 42.7 Å². The van der Waals surface area contributed by atoms with Gasteiger partial charge in [-0.15, -0.1) is 0 Å². The molecule has 3 rings (SSSR count). The molecule has 0 spiro atoms. The number of anilines is 1. The molecule has 2 aromatic rings. The van der Waals surface area contributed by atoms with Gasteiger partial charge >= 0.3 is 0 Å². The van der Waals surface area contributed by atoms with E-state index in [2.05, 4.69) is 48.5 Å². The highest BCUT2D eigenvalue weighted by Crippen LogP contribution is 2.32. The molecule has 0 aliphatic heterocycles. The first kappa shape index (κ1) is 14.2. The Labute approximate surface area is 127 Å². The van der Waals surface area contributed by atoms with E-state index in [1.54, 1.807) is 0 Å². The van der Waals surface area contributed by atoms with Crippen molar-refractivity contribution in [2.45, 2.75) is 45.7 Å². The van der Waals surface area contributed by atoms with Crippen LogP contribution in [0, 0.1) is 11.8 Å². The Morgan fingerprint density at radius 2 is 2.05 bits per heavy atom. The molecule has 0 bridgehead atoms. The van der Waals surface area contributed by atoms with Gasteiger partial charge in [-0.25, -0.2) is 0 Å². The molecule has 3 unspecified atom stereocenters. The topological polar surface area (TPSA) is 29.9 Å². The Hall–Kier alpha value is -1.77. The van der Waals surface area contributed by atoms with Gasteiger partial charge in [-0.05, 0) is 36.0 Å². The monoisotopic (exact) mass is 283 g/mol. The van der Waals surface area contributed by atoms with Gasteiger partial charge in [-0.1, -0.05) is 44.9 Å². The van der Waals surface area contributed by atoms with E-state index in [9.17, 15) is 0 Å². The molecule has 21 heavy (non-hydrogen) atoms. The van der Waals surface area contributed by atoms with E-state index in [-0.39, 0.29) is 0 Å². The number of para-hydroxylation sites is 1. The van der Waals surface area contributed by atoms with Crippen molar-refractivity contribution in [3.8, 4) is 0 Å². The lowest BCUT2D eigenvalue weighted by atomic mass is 9.78. The van der Waals surface area contributed by atoms with E-state index in [4.69, 9.17) is 0 Å². The Bertz CT molecular complexity index is 562. The van der Waals surface area contributed by atoms with Crippen molar-refractivity contribution >= 4 is 5.69 Å². The summed E-state index contributed by atoms with van der Waals surface area (Å²) in [5.74, 6) is 1.55. The maximum atomic E-state index is 4.32. The number of benzene rings is 1. The fourth-order valence-corrected chi connectivity index (χ4v) is 3.35. The van der Waals surface area contributed by atoms with E-state index in [1.165, 1.54) is 30.5 Å². The summed E-state index contributed by atoms with van der Waals surface area (Å²) in [5.41, 5.74) is 2.57. The van der Waals surface area contributed by atoms with E-state index in [0.717, 1.165) is 18.4 Å². The summed E-state index contributed by atoms with van der Waals surface area (Å²) in [7, 11) is 0. The number of aromatic nitrogens is 2. The van der Waals surface area contributed by atoms with Gasteiger partial charge in [-0.2, -0.15) is 5.10 Å². The minimum Gasteiger partial charge on any atom is -0.382 e. The number of rotatable bonds is 4. The number of nitrogens with zero attached hydrogens (tertiary/aromatic N) is 2. The summed E-state index contributed by atoms with van der Waals surface area (Å²) in [6.45, 7) is 5.60. The molecule has 0 saturated heterocycles. The maximum Gasteiger partial charge on any atom is 0.0679 e. The summed E-state index contributed by atoms with van der Waals surface area (Å²) >= 11 is 0. The molecule has 1 aliphatic carbocycles. The van der Waals surface area contributed by atoms with Gasteiger partial charge in [0, 0.05) is 24.1 Å². The highest BCUT2D eigenvalue weighted by Gasteiger charge is 2.27. The van der Waals surface area contributed by atoms with Crippen LogP contribution in [0.25, 0.3) is 0 Å². The van der Waals surface area contributed by atoms with Crippen molar-refractivity contribution in [1.82, 2.24) is 9.78 Å². The fourth-order valence-electron chi connectivity index (χ4n) is 3.35. The van der Waals surface area contributed by atoms with Crippen molar-refractivity contribution in [2.75, 3.05) is 5.32 Å². The first-order chi connectivity index (χ1) is 10.2. The van der Waals surface area contributed by atoms with Crippen LogP contribution in [0.2, 0.25) is 0 Å². The third kappa shape index (κ3) is 3.29. The van der Waals surface area contributed by atoms with Crippen molar-refractivity contribution in [1.29, 1.82) is 0 Å². The van der Waals surface area contributed by atoms with Crippen LogP contribution in [0.3, 0.4) is 0 Å². The molecular formula is C18H25N3. The minimum atomic E-state index is 0.590. The lowest BCUT2D eigenvalue weighted by molar-refractivity contribution is 0.253. The van der Waals surface area contributed by atoms with E-state index < -0.39 is 0 Å². The van der Waals surface area contributed by atoms with Crippen molar-refractivity contribution in [2.24, 2.45) is 11.8 Å². The normalized spacial score (nSPS) is 25.7. The molecule has 0 amide bonds. The molecule has 112 valence electrons. The second-order valence-electron chi connectivity index (χ2n) is 6.38. The van der Waals surface area contributed by atoms with E-state index in [0.29, 0.717) is 6.04 Å². The molecule has 1 fully saturated rings. The van der Waals surface area contributed by atoms with Gasteiger partial charge in [0.1, 0.15) is 0 Å². The Kier molecular flexibility index (Phi) is 4.28. The van der Waals surface area contributed by atoms with Gasteiger partial charge < -0.3 is 5.32 Å². The summed E-state index contributed by atoms with van der Waals surface area (Å²) < 4.78 is 1.98. The zero-order chi connectivity index (χ0) is 14.7. The van der Waals surface area contributed by atoms with Crippen LogP contribution in [0.4, 0.5) is 5.69 Å². The van der Waals surface area contributed by atoms with Crippen LogP contribution >= 0.6 is 0 Å². The second-order valence-corrected chi connectivity index (χ2v) is 6.38. The van der Waals surface area contributed by atoms with Crippen LogP contribution in [-0.4, -0.2) is 15.8 Å². The molecule has 1 aromatic carbocycles. The molecule has 1 heterocycles. The third-order valence-electron chi connectivity index (χ3n) is 4.96. The van der Waals surface area contributed by atoms with Crippen LogP contribution in [0.5, 0.6) is 0 Å². The first-order valence-electron chi connectivity index (χ1n) is 8.06. The van der Waals surface area contributed by atoms with Gasteiger partial charge in [0.05, 0.1) is 6.54 Å². The molecule has 1 aromatic heterocycles. The average molecular weight is 283 g/mol. The van der Waals surface area contributed by atoms with Gasteiger partial charge in [0.15, 0.2) is 0 Å². The Balaban J connectivity index is 1.76. The number of hydrogen-bond acceptors (Lipinski definition) is 2. The van der Waals surface area contributed by atoms with E-state index in [1.807, 2.05) is 23.1 Å².